The molecule has 1 atom stereocenters. The normalized spacial score (nSPS) is 17.0. The zero-order chi connectivity index (χ0) is 15.2. The molecule has 0 saturated carbocycles. The smallest absolute Gasteiger partial charge is 0.191 e. The fourth-order valence-electron chi connectivity index (χ4n) is 2.52. The topological polar surface area (TPSA) is 63.5 Å². The van der Waals surface area contributed by atoms with Gasteiger partial charge in [0.1, 0.15) is 11.9 Å². The highest BCUT2D eigenvalue weighted by Crippen LogP contribution is 2.27. The summed E-state index contributed by atoms with van der Waals surface area (Å²) in [5.41, 5.74) is 1.28. The molecule has 1 aliphatic rings. The van der Waals surface area contributed by atoms with Gasteiger partial charge in [-0.1, -0.05) is 18.2 Å². The molecule has 1 aromatic carbocycles. The van der Waals surface area contributed by atoms with Crippen molar-refractivity contribution in [1.29, 1.82) is 0 Å². The second-order valence-corrected chi connectivity index (χ2v) is 5.23. The van der Waals surface area contributed by atoms with Crippen LogP contribution in [-0.4, -0.2) is 41.8 Å². The number of ether oxygens (including phenoxy) is 1. The van der Waals surface area contributed by atoms with E-state index in [-0.39, 0.29) is 6.10 Å². The third kappa shape index (κ3) is 3.58. The predicted octanol–water partition coefficient (Wildman–Crippen LogP) is 1.05. The molecule has 3 rings (SSSR count). The number of benzene rings is 1. The van der Waals surface area contributed by atoms with E-state index in [1.807, 2.05) is 29.2 Å². The second kappa shape index (κ2) is 6.98. The van der Waals surface area contributed by atoms with Crippen molar-refractivity contribution in [1.82, 2.24) is 20.2 Å². The van der Waals surface area contributed by atoms with Gasteiger partial charge in [0, 0.05) is 39.0 Å². The number of imidazole rings is 1. The summed E-state index contributed by atoms with van der Waals surface area (Å²) in [7, 11) is 1.77. The first-order chi connectivity index (χ1) is 10.8. The Morgan fingerprint density at radius 3 is 3.09 bits per heavy atom. The van der Waals surface area contributed by atoms with Gasteiger partial charge in [0.2, 0.25) is 0 Å². The van der Waals surface area contributed by atoms with Crippen LogP contribution in [0, 0.1) is 0 Å². The Labute approximate surface area is 130 Å². The monoisotopic (exact) mass is 299 g/mol. The molecule has 2 heterocycles. The first kappa shape index (κ1) is 14.4. The van der Waals surface area contributed by atoms with E-state index in [2.05, 4.69) is 32.7 Å². The minimum Gasteiger partial charge on any atom is -0.488 e. The van der Waals surface area contributed by atoms with Crippen molar-refractivity contribution < 1.29 is 4.74 Å². The van der Waals surface area contributed by atoms with Crippen molar-refractivity contribution in [3.63, 3.8) is 0 Å². The van der Waals surface area contributed by atoms with Crippen LogP contribution in [0.2, 0.25) is 0 Å². The molecule has 0 fully saturated rings. The minimum absolute atomic E-state index is 0.157. The molecule has 1 aromatic heterocycles. The Morgan fingerprint density at radius 2 is 2.32 bits per heavy atom. The molecular formula is C16H21N5O. The minimum atomic E-state index is 0.157. The van der Waals surface area contributed by atoms with Crippen LogP contribution in [0.15, 0.2) is 48.0 Å². The van der Waals surface area contributed by atoms with E-state index in [4.69, 9.17) is 4.74 Å². The highest BCUT2D eigenvalue weighted by Gasteiger charge is 2.22. The van der Waals surface area contributed by atoms with Crippen LogP contribution in [0.5, 0.6) is 5.75 Å². The molecule has 0 bridgehead atoms. The third-order valence-electron chi connectivity index (χ3n) is 3.66. The molecule has 6 heteroatoms. The van der Waals surface area contributed by atoms with Crippen LogP contribution in [0.4, 0.5) is 0 Å². The van der Waals surface area contributed by atoms with Crippen molar-refractivity contribution in [3.8, 4) is 5.75 Å². The predicted molar refractivity (Wildman–Crippen MR) is 86.2 cm³/mol. The lowest BCUT2D eigenvalue weighted by Gasteiger charge is -2.15. The number of nitrogens with one attached hydrogen (secondary N) is 2. The molecule has 0 aliphatic carbocycles. The van der Waals surface area contributed by atoms with Crippen molar-refractivity contribution in [2.75, 3.05) is 20.1 Å². The number of nitrogens with zero attached hydrogens (tertiary/aromatic N) is 3. The average molecular weight is 299 g/mol. The molecular weight excluding hydrogens is 278 g/mol. The van der Waals surface area contributed by atoms with Gasteiger partial charge in [-0.05, 0) is 11.6 Å². The van der Waals surface area contributed by atoms with Crippen LogP contribution in [0.1, 0.15) is 5.56 Å². The second-order valence-electron chi connectivity index (χ2n) is 5.23. The summed E-state index contributed by atoms with van der Waals surface area (Å²) < 4.78 is 7.93. The Bertz CT molecular complexity index is 598. The maximum Gasteiger partial charge on any atom is 0.191 e. The summed E-state index contributed by atoms with van der Waals surface area (Å²) >= 11 is 0. The average Bonchev–Trinajstić information content (AvgIpc) is 3.19. The van der Waals surface area contributed by atoms with Crippen molar-refractivity contribution in [2.24, 2.45) is 4.99 Å². The van der Waals surface area contributed by atoms with E-state index in [1.165, 1.54) is 5.56 Å². The van der Waals surface area contributed by atoms with E-state index in [0.29, 0.717) is 0 Å². The van der Waals surface area contributed by atoms with E-state index >= 15 is 0 Å². The molecule has 116 valence electrons. The molecule has 0 radical (unpaired) electrons. The lowest BCUT2D eigenvalue weighted by molar-refractivity contribution is 0.235. The summed E-state index contributed by atoms with van der Waals surface area (Å²) in [6, 6.07) is 8.20. The fourth-order valence-corrected chi connectivity index (χ4v) is 2.52. The van der Waals surface area contributed by atoms with E-state index in [0.717, 1.165) is 37.8 Å². The molecule has 22 heavy (non-hydrogen) atoms. The molecule has 2 aromatic rings. The molecule has 0 saturated heterocycles. The summed E-state index contributed by atoms with van der Waals surface area (Å²) in [5, 5.41) is 6.60. The van der Waals surface area contributed by atoms with Crippen LogP contribution in [0.25, 0.3) is 0 Å². The number of hydrogen-bond acceptors (Lipinski definition) is 3. The molecule has 1 unspecified atom stereocenters. The fraction of sp³-hybridized carbons (Fsp3) is 0.375. The van der Waals surface area contributed by atoms with E-state index < -0.39 is 0 Å². The van der Waals surface area contributed by atoms with Crippen LogP contribution < -0.4 is 15.4 Å². The zero-order valence-electron chi connectivity index (χ0n) is 12.7. The summed E-state index contributed by atoms with van der Waals surface area (Å²) in [4.78, 5) is 8.25. The third-order valence-corrected chi connectivity index (χ3v) is 3.66. The number of aromatic nitrogens is 2. The first-order valence-corrected chi connectivity index (χ1v) is 7.50. The molecule has 0 amide bonds. The van der Waals surface area contributed by atoms with Gasteiger partial charge in [-0.2, -0.15) is 0 Å². The molecule has 2 N–H and O–H groups in total. The lowest BCUT2D eigenvalue weighted by Crippen LogP contribution is -2.43. The van der Waals surface area contributed by atoms with Gasteiger partial charge >= 0.3 is 0 Å². The van der Waals surface area contributed by atoms with Crippen molar-refractivity contribution >= 4 is 5.96 Å². The summed E-state index contributed by atoms with van der Waals surface area (Å²) in [6.45, 7) is 2.38. The molecule has 0 spiro atoms. The Hall–Kier alpha value is -2.50. The maximum atomic E-state index is 5.91. The lowest BCUT2D eigenvalue weighted by atomic mass is 10.1. The highest BCUT2D eigenvalue weighted by molar-refractivity contribution is 5.79. The standard InChI is InChI=1S/C16H21N5O/c1-17-16(19-7-9-21-8-6-18-12-21)20-11-14-10-13-4-2-3-5-15(13)22-14/h2-6,8,12,14H,7,9-11H2,1H3,(H2,17,19,20). The SMILES string of the molecule is CN=C(NCCn1ccnc1)NCC1Cc2ccccc2O1. The number of guanidine groups is 1. The van der Waals surface area contributed by atoms with Crippen LogP contribution in [-0.2, 0) is 13.0 Å². The number of fused-ring (bicyclic) bond motifs is 1. The van der Waals surface area contributed by atoms with E-state index in [1.54, 1.807) is 13.2 Å². The van der Waals surface area contributed by atoms with Gasteiger partial charge in [0.05, 0.1) is 12.9 Å². The van der Waals surface area contributed by atoms with Crippen molar-refractivity contribution in [3.05, 3.63) is 48.5 Å². The summed E-state index contributed by atoms with van der Waals surface area (Å²) in [6.07, 6.45) is 6.63. The Balaban J connectivity index is 1.40. The molecule has 1 aliphatic heterocycles. The Kier molecular flexibility index (Phi) is 4.58. The first-order valence-electron chi connectivity index (χ1n) is 7.50. The van der Waals surface area contributed by atoms with Gasteiger partial charge in [0.15, 0.2) is 5.96 Å². The van der Waals surface area contributed by atoms with Gasteiger partial charge < -0.3 is 19.9 Å². The Morgan fingerprint density at radius 1 is 1.41 bits per heavy atom. The van der Waals surface area contributed by atoms with Crippen LogP contribution >= 0.6 is 0 Å². The van der Waals surface area contributed by atoms with Crippen molar-refractivity contribution in [2.45, 2.75) is 19.1 Å². The number of hydrogen-bond donors (Lipinski definition) is 2. The van der Waals surface area contributed by atoms with Gasteiger partial charge in [-0.15, -0.1) is 0 Å². The van der Waals surface area contributed by atoms with Gasteiger partial charge in [-0.25, -0.2) is 4.98 Å². The van der Waals surface area contributed by atoms with Gasteiger partial charge in [-0.3, -0.25) is 4.99 Å². The highest BCUT2D eigenvalue weighted by atomic mass is 16.5. The maximum absolute atomic E-state index is 5.91. The van der Waals surface area contributed by atoms with Gasteiger partial charge in [0.25, 0.3) is 0 Å². The number of aliphatic imine (C=N–C) groups is 1. The summed E-state index contributed by atoms with van der Waals surface area (Å²) in [5.74, 6) is 1.79. The quantitative estimate of drug-likeness (QED) is 0.640. The molecule has 6 nitrogen and oxygen atoms in total. The number of rotatable bonds is 5. The van der Waals surface area contributed by atoms with Crippen LogP contribution in [0.3, 0.4) is 0 Å². The van der Waals surface area contributed by atoms with E-state index in [9.17, 15) is 0 Å². The number of para-hydroxylation sites is 1. The largest absolute Gasteiger partial charge is 0.488 e. The zero-order valence-corrected chi connectivity index (χ0v) is 12.7.